The minimum atomic E-state index is -3.50. The predicted molar refractivity (Wildman–Crippen MR) is 76.1 cm³/mol. The number of morpholine rings is 1. The first-order valence-corrected chi connectivity index (χ1v) is 9.02. The average Bonchev–Trinajstić information content (AvgIpc) is 3.22. The highest BCUT2D eigenvalue weighted by Crippen LogP contribution is 2.21. The van der Waals surface area contributed by atoms with Crippen LogP contribution in [0.25, 0.3) is 0 Å². The van der Waals surface area contributed by atoms with E-state index in [-0.39, 0.29) is 42.7 Å². The molecule has 116 valence electrons. The molecular weight excluding hydrogens is 304 g/mol. The van der Waals surface area contributed by atoms with Crippen LogP contribution in [0.1, 0.15) is 19.8 Å². The third-order valence-electron chi connectivity index (χ3n) is 3.42. The van der Waals surface area contributed by atoms with Gasteiger partial charge in [0.15, 0.2) is 0 Å². The van der Waals surface area contributed by atoms with Gasteiger partial charge >= 0.3 is 0 Å². The highest BCUT2D eigenvalue weighted by Gasteiger charge is 2.39. The minimum absolute atomic E-state index is 0.0380. The number of hydrogen-bond donors (Lipinski definition) is 1. The second-order valence-electron chi connectivity index (χ2n) is 5.52. The molecule has 8 heteroatoms. The fourth-order valence-corrected chi connectivity index (χ4v) is 4.32. The first-order valence-electron chi connectivity index (χ1n) is 6.87. The molecule has 1 saturated heterocycles. The summed E-state index contributed by atoms with van der Waals surface area (Å²) in [5.74, 6) is -0.155. The highest BCUT2D eigenvalue weighted by molar-refractivity contribution is 7.89. The molecular formula is C12H21ClN2O4S. The van der Waals surface area contributed by atoms with Gasteiger partial charge in [-0.05, 0) is 18.8 Å². The van der Waals surface area contributed by atoms with E-state index >= 15 is 0 Å². The van der Waals surface area contributed by atoms with Gasteiger partial charge in [-0.1, -0.05) is 6.92 Å². The topological polar surface area (TPSA) is 75.7 Å². The normalized spacial score (nSPS) is 26.2. The smallest absolute Gasteiger partial charge is 0.241 e. The van der Waals surface area contributed by atoms with E-state index in [2.05, 4.69) is 5.32 Å². The number of alkyl halides is 1. The lowest BCUT2D eigenvalue weighted by Crippen LogP contribution is -2.56. The van der Waals surface area contributed by atoms with Gasteiger partial charge in [0, 0.05) is 18.5 Å². The molecule has 1 heterocycles. The van der Waals surface area contributed by atoms with Crippen molar-refractivity contribution in [3.8, 4) is 0 Å². The summed E-state index contributed by atoms with van der Waals surface area (Å²) in [5.41, 5.74) is 0. The maximum absolute atomic E-state index is 12.4. The summed E-state index contributed by atoms with van der Waals surface area (Å²) in [4.78, 5) is 12.1. The zero-order valence-electron chi connectivity index (χ0n) is 11.5. The lowest BCUT2D eigenvalue weighted by molar-refractivity contribution is -0.129. The molecule has 0 bridgehead atoms. The third-order valence-corrected chi connectivity index (χ3v) is 6.09. The number of hydrogen-bond acceptors (Lipinski definition) is 4. The number of nitrogens with one attached hydrogen (secondary N) is 1. The van der Waals surface area contributed by atoms with Crippen molar-refractivity contribution in [3.05, 3.63) is 0 Å². The Morgan fingerprint density at radius 3 is 2.80 bits per heavy atom. The van der Waals surface area contributed by atoms with Crippen LogP contribution in [0.2, 0.25) is 0 Å². The van der Waals surface area contributed by atoms with Crippen molar-refractivity contribution in [2.24, 2.45) is 5.92 Å². The van der Waals surface area contributed by atoms with Crippen LogP contribution in [0, 0.1) is 5.92 Å². The lowest BCUT2D eigenvalue weighted by atomic mass is 10.2. The van der Waals surface area contributed by atoms with Crippen LogP contribution in [0.3, 0.4) is 0 Å². The Bertz CT molecular complexity index is 452. The summed E-state index contributed by atoms with van der Waals surface area (Å²) in [6.07, 6.45) is 1.94. The Balaban J connectivity index is 2.06. The molecule has 2 atom stereocenters. The molecule has 2 fully saturated rings. The molecule has 2 unspecified atom stereocenters. The fraction of sp³-hybridized carbons (Fsp3) is 0.917. The van der Waals surface area contributed by atoms with Gasteiger partial charge in [-0.25, -0.2) is 8.42 Å². The van der Waals surface area contributed by atoms with E-state index in [1.807, 2.05) is 0 Å². The summed E-state index contributed by atoms with van der Waals surface area (Å²) in [7, 11) is -3.50. The van der Waals surface area contributed by atoms with E-state index < -0.39 is 16.1 Å². The summed E-state index contributed by atoms with van der Waals surface area (Å²) in [5, 5.41) is 2.84. The molecule has 20 heavy (non-hydrogen) atoms. The minimum Gasteiger partial charge on any atom is -0.378 e. The number of carbonyl (C=O) groups excluding carboxylic acids is 1. The molecule has 0 spiro atoms. The van der Waals surface area contributed by atoms with E-state index in [1.165, 1.54) is 4.31 Å². The van der Waals surface area contributed by atoms with Crippen LogP contribution < -0.4 is 5.32 Å². The molecule has 1 saturated carbocycles. The van der Waals surface area contributed by atoms with E-state index in [0.717, 1.165) is 12.8 Å². The molecule has 6 nitrogen and oxygen atoms in total. The number of nitrogens with zero attached hydrogens (tertiary/aromatic N) is 1. The van der Waals surface area contributed by atoms with Gasteiger partial charge in [-0.15, -0.1) is 11.6 Å². The van der Waals surface area contributed by atoms with Gasteiger partial charge in [0.05, 0.1) is 19.0 Å². The molecule has 2 rings (SSSR count). The zero-order chi connectivity index (χ0) is 14.8. The maximum atomic E-state index is 12.4. The maximum Gasteiger partial charge on any atom is 0.241 e. The first-order chi connectivity index (χ1) is 9.44. The van der Waals surface area contributed by atoms with Gasteiger partial charge in [-0.2, -0.15) is 4.31 Å². The van der Waals surface area contributed by atoms with Gasteiger partial charge in [0.1, 0.15) is 6.04 Å². The SMILES string of the molecule is CC(CCl)CS(=O)(=O)N1CCOCC1C(=O)NC1CC1. The number of ether oxygens (including phenoxy) is 1. The Morgan fingerprint density at radius 2 is 2.20 bits per heavy atom. The Kier molecular flexibility index (Phi) is 5.28. The van der Waals surface area contributed by atoms with Gasteiger partial charge < -0.3 is 10.1 Å². The van der Waals surface area contributed by atoms with Crippen LogP contribution in [0.15, 0.2) is 0 Å². The molecule has 1 aliphatic carbocycles. The van der Waals surface area contributed by atoms with Crippen molar-refractivity contribution in [1.82, 2.24) is 9.62 Å². The molecule has 1 aliphatic heterocycles. The molecule has 1 N–H and O–H groups in total. The Morgan fingerprint density at radius 1 is 1.50 bits per heavy atom. The van der Waals surface area contributed by atoms with E-state index in [1.54, 1.807) is 6.92 Å². The zero-order valence-corrected chi connectivity index (χ0v) is 13.1. The molecule has 2 aliphatic rings. The molecule has 0 aromatic carbocycles. The quantitative estimate of drug-likeness (QED) is 0.707. The van der Waals surface area contributed by atoms with E-state index in [4.69, 9.17) is 16.3 Å². The van der Waals surface area contributed by atoms with Crippen LogP contribution in [0.4, 0.5) is 0 Å². The number of amides is 1. The Hall–Kier alpha value is -0.370. The van der Waals surface area contributed by atoms with Crippen molar-refractivity contribution < 1.29 is 17.9 Å². The van der Waals surface area contributed by atoms with Crippen molar-refractivity contribution in [2.45, 2.75) is 31.8 Å². The van der Waals surface area contributed by atoms with Crippen molar-refractivity contribution in [3.63, 3.8) is 0 Å². The average molecular weight is 325 g/mol. The molecule has 0 radical (unpaired) electrons. The van der Waals surface area contributed by atoms with Crippen LogP contribution in [-0.4, -0.2) is 62.1 Å². The largest absolute Gasteiger partial charge is 0.378 e. The summed E-state index contributed by atoms with van der Waals surface area (Å²) in [6, 6.07) is -0.548. The summed E-state index contributed by atoms with van der Waals surface area (Å²) < 4.78 is 31.3. The number of carbonyl (C=O) groups is 1. The number of halogens is 1. The fourth-order valence-electron chi connectivity index (χ4n) is 2.15. The number of rotatable bonds is 6. The predicted octanol–water partition coefficient (Wildman–Crippen LogP) is 0.171. The third kappa shape index (κ3) is 4.07. The highest BCUT2D eigenvalue weighted by atomic mass is 35.5. The van der Waals surface area contributed by atoms with Crippen molar-refractivity contribution >= 4 is 27.5 Å². The first kappa shape index (κ1) is 16.0. The van der Waals surface area contributed by atoms with Crippen LogP contribution in [0.5, 0.6) is 0 Å². The monoisotopic (exact) mass is 324 g/mol. The molecule has 0 aromatic rings. The van der Waals surface area contributed by atoms with Crippen molar-refractivity contribution in [1.29, 1.82) is 0 Å². The van der Waals surface area contributed by atoms with Gasteiger partial charge in [0.25, 0.3) is 0 Å². The van der Waals surface area contributed by atoms with Crippen LogP contribution in [-0.2, 0) is 19.6 Å². The van der Waals surface area contributed by atoms with Gasteiger partial charge in [-0.3, -0.25) is 4.79 Å². The second-order valence-corrected chi connectivity index (χ2v) is 7.80. The van der Waals surface area contributed by atoms with Crippen molar-refractivity contribution in [2.75, 3.05) is 31.4 Å². The standard InChI is InChI=1S/C12H21ClN2O4S/c1-9(6-13)8-20(17,18)15-4-5-19-7-11(15)12(16)14-10-2-3-10/h9-11H,2-8H2,1H3,(H,14,16). The lowest BCUT2D eigenvalue weighted by Gasteiger charge is -2.34. The molecule has 1 amide bonds. The number of sulfonamides is 1. The van der Waals surface area contributed by atoms with Crippen LogP contribution >= 0.6 is 11.6 Å². The molecule has 0 aromatic heterocycles. The van der Waals surface area contributed by atoms with E-state index in [9.17, 15) is 13.2 Å². The van der Waals surface area contributed by atoms with Gasteiger partial charge in [0.2, 0.25) is 15.9 Å². The Labute approximate surface area is 124 Å². The second kappa shape index (κ2) is 6.60. The summed E-state index contributed by atoms with van der Waals surface area (Å²) >= 11 is 5.69. The van der Waals surface area contributed by atoms with E-state index in [0.29, 0.717) is 6.61 Å². The summed E-state index contributed by atoms with van der Waals surface area (Å²) in [6.45, 7) is 2.44.